The van der Waals surface area contributed by atoms with Crippen LogP contribution in [0.5, 0.6) is 0 Å². The maximum absolute atomic E-state index is 13.0. The Morgan fingerprint density at radius 1 is 1.44 bits per heavy atom. The van der Waals surface area contributed by atoms with E-state index in [2.05, 4.69) is 0 Å². The van der Waals surface area contributed by atoms with E-state index in [4.69, 9.17) is 5.11 Å². The number of halogens is 1. The lowest BCUT2D eigenvalue weighted by Crippen LogP contribution is -2.39. The quantitative estimate of drug-likeness (QED) is 0.842. The summed E-state index contributed by atoms with van der Waals surface area (Å²) in [5, 5.41) is 8.82. The number of amides is 1. The van der Waals surface area contributed by atoms with Crippen molar-refractivity contribution in [1.29, 1.82) is 0 Å². The summed E-state index contributed by atoms with van der Waals surface area (Å²) < 4.78 is 13.0. The molecule has 1 aromatic rings. The zero-order chi connectivity index (χ0) is 13.5. The molecule has 0 saturated carbocycles. The predicted molar refractivity (Wildman–Crippen MR) is 68.7 cm³/mol. The fraction of sp³-hybridized carbons (Fsp3) is 0.500. The van der Waals surface area contributed by atoms with Crippen LogP contribution in [0.4, 0.5) is 4.39 Å². The zero-order valence-electron chi connectivity index (χ0n) is 10.9. The van der Waals surface area contributed by atoms with Gasteiger partial charge in [0.15, 0.2) is 0 Å². The van der Waals surface area contributed by atoms with Gasteiger partial charge >= 0.3 is 0 Å². The molecule has 0 bridgehead atoms. The van der Waals surface area contributed by atoms with Gasteiger partial charge in [-0.05, 0) is 38.0 Å². The molecule has 0 aliphatic carbocycles. The summed E-state index contributed by atoms with van der Waals surface area (Å²) in [5.41, 5.74) is 0.676. The summed E-state index contributed by atoms with van der Waals surface area (Å²) in [7, 11) is 0. The van der Waals surface area contributed by atoms with Crippen molar-refractivity contribution in [2.75, 3.05) is 13.2 Å². The van der Waals surface area contributed by atoms with E-state index in [1.807, 2.05) is 13.8 Å². The standard InChI is InChI=1S/C14H20FNO2/c1-11(2)16(7-4-8-17)14(18)10-12-5-3-6-13(15)9-12/h3,5-6,9,11,17H,4,7-8,10H2,1-2H3. The van der Waals surface area contributed by atoms with Gasteiger partial charge in [-0.15, -0.1) is 0 Å². The lowest BCUT2D eigenvalue weighted by atomic mass is 10.1. The molecule has 0 aromatic heterocycles. The minimum absolute atomic E-state index is 0.0379. The zero-order valence-corrected chi connectivity index (χ0v) is 10.9. The molecule has 0 fully saturated rings. The van der Waals surface area contributed by atoms with Gasteiger partial charge in [-0.25, -0.2) is 4.39 Å². The molecule has 3 nitrogen and oxygen atoms in total. The highest BCUT2D eigenvalue weighted by atomic mass is 19.1. The van der Waals surface area contributed by atoms with Crippen LogP contribution in [0.1, 0.15) is 25.8 Å². The van der Waals surface area contributed by atoms with Crippen LogP contribution < -0.4 is 0 Å². The molecule has 0 aliphatic rings. The minimum atomic E-state index is -0.327. The van der Waals surface area contributed by atoms with E-state index in [0.29, 0.717) is 18.5 Å². The van der Waals surface area contributed by atoms with E-state index in [1.165, 1.54) is 12.1 Å². The number of carbonyl (C=O) groups excluding carboxylic acids is 1. The van der Waals surface area contributed by atoms with Crippen molar-refractivity contribution in [2.45, 2.75) is 32.7 Å². The molecule has 0 spiro atoms. The molecule has 1 rings (SSSR count). The minimum Gasteiger partial charge on any atom is -0.396 e. The second-order valence-electron chi connectivity index (χ2n) is 4.56. The third-order valence-electron chi connectivity index (χ3n) is 2.75. The van der Waals surface area contributed by atoms with Crippen LogP contribution in [0.2, 0.25) is 0 Å². The van der Waals surface area contributed by atoms with Gasteiger partial charge in [-0.2, -0.15) is 0 Å². The molecule has 0 unspecified atom stereocenters. The van der Waals surface area contributed by atoms with E-state index < -0.39 is 0 Å². The van der Waals surface area contributed by atoms with Gasteiger partial charge in [0.1, 0.15) is 5.82 Å². The Bertz CT molecular complexity index is 393. The fourth-order valence-corrected chi connectivity index (χ4v) is 1.84. The van der Waals surface area contributed by atoms with Gasteiger partial charge in [-0.3, -0.25) is 4.79 Å². The monoisotopic (exact) mass is 253 g/mol. The molecule has 0 radical (unpaired) electrons. The molecule has 1 amide bonds. The van der Waals surface area contributed by atoms with Gasteiger partial charge in [0.25, 0.3) is 0 Å². The summed E-state index contributed by atoms with van der Waals surface area (Å²) in [6, 6.07) is 6.16. The van der Waals surface area contributed by atoms with E-state index in [0.717, 1.165) is 0 Å². The fourth-order valence-electron chi connectivity index (χ4n) is 1.84. The average molecular weight is 253 g/mol. The van der Waals surface area contributed by atoms with Crippen molar-refractivity contribution in [3.63, 3.8) is 0 Å². The van der Waals surface area contributed by atoms with Crippen LogP contribution in [0.15, 0.2) is 24.3 Å². The Hall–Kier alpha value is -1.42. The lowest BCUT2D eigenvalue weighted by Gasteiger charge is -2.26. The van der Waals surface area contributed by atoms with Crippen molar-refractivity contribution >= 4 is 5.91 Å². The molecule has 0 atom stereocenters. The van der Waals surface area contributed by atoms with E-state index >= 15 is 0 Å². The number of aliphatic hydroxyl groups excluding tert-OH is 1. The third-order valence-corrected chi connectivity index (χ3v) is 2.75. The SMILES string of the molecule is CC(C)N(CCCO)C(=O)Cc1cccc(F)c1. The van der Waals surface area contributed by atoms with Crippen LogP contribution >= 0.6 is 0 Å². The van der Waals surface area contributed by atoms with Gasteiger partial charge in [0.05, 0.1) is 6.42 Å². The molecule has 0 saturated heterocycles. The second-order valence-corrected chi connectivity index (χ2v) is 4.56. The Morgan fingerprint density at radius 2 is 2.17 bits per heavy atom. The number of nitrogens with zero attached hydrogens (tertiary/aromatic N) is 1. The number of benzene rings is 1. The van der Waals surface area contributed by atoms with Gasteiger partial charge in [-0.1, -0.05) is 12.1 Å². The summed E-state index contributed by atoms with van der Waals surface area (Å²) in [6.07, 6.45) is 0.758. The summed E-state index contributed by atoms with van der Waals surface area (Å²) >= 11 is 0. The molecular formula is C14H20FNO2. The predicted octanol–water partition coefficient (Wildman–Crippen LogP) is 1.99. The van der Waals surface area contributed by atoms with E-state index in [1.54, 1.807) is 17.0 Å². The number of carbonyl (C=O) groups is 1. The van der Waals surface area contributed by atoms with Crippen LogP contribution in [0.25, 0.3) is 0 Å². The molecule has 0 heterocycles. The first-order valence-electron chi connectivity index (χ1n) is 6.19. The van der Waals surface area contributed by atoms with Gasteiger partial charge in [0, 0.05) is 19.2 Å². The van der Waals surface area contributed by atoms with Gasteiger partial charge < -0.3 is 10.0 Å². The van der Waals surface area contributed by atoms with E-state index in [-0.39, 0.29) is 30.8 Å². The first-order chi connectivity index (χ1) is 8.54. The van der Waals surface area contributed by atoms with Crippen molar-refractivity contribution in [3.05, 3.63) is 35.6 Å². The maximum atomic E-state index is 13.0. The van der Waals surface area contributed by atoms with Crippen LogP contribution in [0.3, 0.4) is 0 Å². The molecule has 0 aliphatic heterocycles. The number of rotatable bonds is 6. The first kappa shape index (κ1) is 14.6. The second kappa shape index (κ2) is 7.11. The van der Waals surface area contributed by atoms with Crippen molar-refractivity contribution in [3.8, 4) is 0 Å². The van der Waals surface area contributed by atoms with Gasteiger partial charge in [0.2, 0.25) is 5.91 Å². The smallest absolute Gasteiger partial charge is 0.227 e. The topological polar surface area (TPSA) is 40.5 Å². The average Bonchev–Trinajstić information content (AvgIpc) is 2.29. The molecule has 100 valence electrons. The summed E-state index contributed by atoms with van der Waals surface area (Å²) in [6.45, 7) is 4.46. The lowest BCUT2D eigenvalue weighted by molar-refractivity contribution is -0.132. The number of hydrogen-bond acceptors (Lipinski definition) is 2. The van der Waals surface area contributed by atoms with Crippen molar-refractivity contribution in [1.82, 2.24) is 4.90 Å². The van der Waals surface area contributed by atoms with Crippen LogP contribution in [-0.2, 0) is 11.2 Å². The summed E-state index contributed by atoms with van der Waals surface area (Å²) in [5.74, 6) is -0.365. The normalized spacial score (nSPS) is 10.7. The highest BCUT2D eigenvalue weighted by Gasteiger charge is 2.16. The molecule has 1 N–H and O–H groups in total. The Kier molecular flexibility index (Phi) is 5.78. The van der Waals surface area contributed by atoms with Crippen molar-refractivity contribution in [2.24, 2.45) is 0 Å². The number of aliphatic hydroxyl groups is 1. The largest absolute Gasteiger partial charge is 0.396 e. The highest BCUT2D eigenvalue weighted by Crippen LogP contribution is 2.08. The first-order valence-corrected chi connectivity index (χ1v) is 6.19. The number of hydrogen-bond donors (Lipinski definition) is 1. The van der Waals surface area contributed by atoms with Crippen LogP contribution in [-0.4, -0.2) is 35.1 Å². The molecule has 1 aromatic carbocycles. The Balaban J connectivity index is 2.66. The molecular weight excluding hydrogens is 233 g/mol. The molecule has 18 heavy (non-hydrogen) atoms. The Labute approximate surface area is 107 Å². The van der Waals surface area contributed by atoms with E-state index in [9.17, 15) is 9.18 Å². The third kappa shape index (κ3) is 4.45. The Morgan fingerprint density at radius 3 is 2.72 bits per heavy atom. The summed E-state index contributed by atoms with van der Waals surface area (Å²) in [4.78, 5) is 13.8. The van der Waals surface area contributed by atoms with Crippen molar-refractivity contribution < 1.29 is 14.3 Å². The maximum Gasteiger partial charge on any atom is 0.227 e. The molecule has 4 heteroatoms. The highest BCUT2D eigenvalue weighted by molar-refractivity contribution is 5.79. The van der Waals surface area contributed by atoms with Crippen LogP contribution in [0, 0.1) is 5.82 Å².